The fourth-order valence-electron chi connectivity index (χ4n) is 0.476. The number of carboxylic acids is 1. The summed E-state index contributed by atoms with van der Waals surface area (Å²) in [6.07, 6.45) is 2.36. The number of rotatable bonds is 2. The molecular weight excluding hydrogens is 169 g/mol. The third-order valence-electron chi connectivity index (χ3n) is 0.906. The van der Waals surface area contributed by atoms with Gasteiger partial charge in [0.25, 0.3) is 0 Å². The van der Waals surface area contributed by atoms with E-state index < -0.39 is 11.8 Å². The largest absolute Gasteiger partial charge is 0.476 e. The minimum absolute atomic E-state index is 0.352. The molecule has 0 saturated heterocycles. The molecule has 0 bridgehead atoms. The Hall–Kier alpha value is -1.23. The second kappa shape index (κ2) is 3.25. The monoisotopic (exact) mass is 173 g/mol. The molecule has 0 aliphatic heterocycles. The van der Waals surface area contributed by atoms with Crippen LogP contribution in [0.2, 0.25) is 0 Å². The molecule has 0 atom stereocenters. The maximum atomic E-state index is 12.3. The van der Waals surface area contributed by atoms with Crippen LogP contribution in [-0.4, -0.2) is 16.1 Å². The first-order valence-corrected chi connectivity index (χ1v) is 3.58. The maximum Gasteiger partial charge on any atom is 0.364 e. The maximum absolute atomic E-state index is 12.3. The standard InChI is InChI=1S/C6H4FNO2S/c7-4(6(9)10)3-5-8-1-2-11-5/h1-3H,(H,9,10)/b4-3+. The highest BCUT2D eigenvalue weighted by molar-refractivity contribution is 7.10. The Bertz CT molecular complexity index is 281. The van der Waals surface area contributed by atoms with Crippen LogP contribution in [0.3, 0.4) is 0 Å². The number of halogens is 1. The normalized spacial score (nSPS) is 11.5. The smallest absolute Gasteiger partial charge is 0.364 e. The Balaban J connectivity index is 2.82. The molecule has 58 valence electrons. The average Bonchev–Trinajstić information content (AvgIpc) is 2.39. The molecule has 0 aliphatic carbocycles. The molecule has 5 heteroatoms. The van der Waals surface area contributed by atoms with E-state index in [1.807, 2.05) is 0 Å². The predicted molar refractivity (Wildman–Crippen MR) is 38.8 cm³/mol. The molecule has 0 aliphatic rings. The van der Waals surface area contributed by atoms with Crippen LogP contribution in [0.5, 0.6) is 0 Å². The first-order valence-electron chi connectivity index (χ1n) is 2.70. The highest BCUT2D eigenvalue weighted by atomic mass is 32.1. The van der Waals surface area contributed by atoms with E-state index in [0.29, 0.717) is 5.01 Å². The highest BCUT2D eigenvalue weighted by Crippen LogP contribution is 2.10. The summed E-state index contributed by atoms with van der Waals surface area (Å²) >= 11 is 1.18. The topological polar surface area (TPSA) is 50.2 Å². The van der Waals surface area contributed by atoms with Gasteiger partial charge in [0, 0.05) is 17.7 Å². The number of hydrogen-bond donors (Lipinski definition) is 1. The molecule has 0 radical (unpaired) electrons. The number of carbonyl (C=O) groups is 1. The van der Waals surface area contributed by atoms with Crippen molar-refractivity contribution in [2.75, 3.05) is 0 Å². The first kappa shape index (κ1) is 7.87. The fraction of sp³-hybridized carbons (Fsp3) is 0. The van der Waals surface area contributed by atoms with E-state index in [9.17, 15) is 9.18 Å². The average molecular weight is 173 g/mol. The summed E-state index contributed by atoms with van der Waals surface area (Å²) in [4.78, 5) is 13.6. The Morgan fingerprint density at radius 3 is 3.00 bits per heavy atom. The van der Waals surface area contributed by atoms with E-state index in [-0.39, 0.29) is 0 Å². The summed E-state index contributed by atoms with van der Waals surface area (Å²) in [5.41, 5.74) is 0. The summed E-state index contributed by atoms with van der Waals surface area (Å²) in [5.74, 6) is -2.76. The number of carboxylic acid groups (broad SMARTS) is 1. The molecule has 0 unspecified atom stereocenters. The van der Waals surface area contributed by atoms with E-state index in [1.54, 1.807) is 5.38 Å². The van der Waals surface area contributed by atoms with Gasteiger partial charge in [0.1, 0.15) is 5.01 Å². The van der Waals surface area contributed by atoms with Gasteiger partial charge in [0.15, 0.2) is 0 Å². The van der Waals surface area contributed by atoms with Crippen LogP contribution < -0.4 is 0 Å². The zero-order valence-corrected chi connectivity index (χ0v) is 6.14. The number of nitrogens with zero attached hydrogens (tertiary/aromatic N) is 1. The van der Waals surface area contributed by atoms with Crippen molar-refractivity contribution in [2.45, 2.75) is 0 Å². The van der Waals surface area contributed by atoms with Gasteiger partial charge in [0.05, 0.1) is 0 Å². The Morgan fingerprint density at radius 2 is 2.55 bits per heavy atom. The molecule has 1 rings (SSSR count). The fourth-order valence-corrected chi connectivity index (χ4v) is 1.03. The van der Waals surface area contributed by atoms with Gasteiger partial charge in [0.2, 0.25) is 5.83 Å². The van der Waals surface area contributed by atoms with Crippen LogP contribution in [0.25, 0.3) is 6.08 Å². The Morgan fingerprint density at radius 1 is 1.82 bits per heavy atom. The summed E-state index contributed by atoms with van der Waals surface area (Å²) in [7, 11) is 0. The van der Waals surface area contributed by atoms with E-state index in [4.69, 9.17) is 5.11 Å². The van der Waals surface area contributed by atoms with E-state index >= 15 is 0 Å². The van der Waals surface area contributed by atoms with Crippen LogP contribution >= 0.6 is 11.3 Å². The second-order valence-corrected chi connectivity index (χ2v) is 2.59. The van der Waals surface area contributed by atoms with E-state index in [0.717, 1.165) is 6.08 Å². The van der Waals surface area contributed by atoms with Crippen molar-refractivity contribution < 1.29 is 14.3 Å². The van der Waals surface area contributed by atoms with Crippen molar-refractivity contribution in [3.05, 3.63) is 22.4 Å². The highest BCUT2D eigenvalue weighted by Gasteiger charge is 2.05. The quantitative estimate of drug-likeness (QED) is 0.690. The van der Waals surface area contributed by atoms with Crippen molar-refractivity contribution in [1.82, 2.24) is 4.98 Å². The number of aliphatic carboxylic acids is 1. The van der Waals surface area contributed by atoms with Crippen molar-refractivity contribution in [2.24, 2.45) is 0 Å². The summed E-state index contributed by atoms with van der Waals surface area (Å²) < 4.78 is 12.3. The summed E-state index contributed by atoms with van der Waals surface area (Å²) in [6.45, 7) is 0. The zero-order chi connectivity index (χ0) is 8.27. The number of hydrogen-bond acceptors (Lipinski definition) is 3. The third kappa shape index (κ3) is 2.12. The van der Waals surface area contributed by atoms with Gasteiger partial charge < -0.3 is 5.11 Å². The molecule has 11 heavy (non-hydrogen) atoms. The van der Waals surface area contributed by atoms with Crippen molar-refractivity contribution >= 4 is 23.4 Å². The van der Waals surface area contributed by atoms with Crippen LogP contribution in [0.15, 0.2) is 17.4 Å². The van der Waals surface area contributed by atoms with Gasteiger partial charge in [-0.15, -0.1) is 11.3 Å². The van der Waals surface area contributed by atoms with Crippen molar-refractivity contribution in [3.63, 3.8) is 0 Å². The summed E-state index contributed by atoms with van der Waals surface area (Å²) in [5, 5.41) is 10.1. The van der Waals surface area contributed by atoms with Crippen LogP contribution in [-0.2, 0) is 4.79 Å². The molecule has 0 amide bonds. The first-order chi connectivity index (χ1) is 5.20. The minimum Gasteiger partial charge on any atom is -0.476 e. The van der Waals surface area contributed by atoms with Crippen molar-refractivity contribution in [1.29, 1.82) is 0 Å². The molecule has 1 aromatic heterocycles. The van der Waals surface area contributed by atoms with Gasteiger partial charge in [-0.25, -0.2) is 9.78 Å². The van der Waals surface area contributed by atoms with Gasteiger partial charge in [-0.2, -0.15) is 4.39 Å². The van der Waals surface area contributed by atoms with Crippen molar-refractivity contribution in [3.8, 4) is 0 Å². The molecule has 1 aromatic rings. The molecule has 1 N–H and O–H groups in total. The Labute approximate surface area is 65.8 Å². The van der Waals surface area contributed by atoms with Gasteiger partial charge in [-0.1, -0.05) is 0 Å². The Kier molecular flexibility index (Phi) is 2.32. The second-order valence-electron chi connectivity index (χ2n) is 1.67. The summed E-state index contributed by atoms with van der Waals surface area (Å²) in [6, 6.07) is 0. The molecule has 0 saturated carbocycles. The number of thiazole rings is 1. The predicted octanol–water partition coefficient (Wildman–Crippen LogP) is 1.54. The van der Waals surface area contributed by atoms with Gasteiger partial charge in [-0.05, 0) is 0 Å². The van der Waals surface area contributed by atoms with Gasteiger partial charge >= 0.3 is 5.97 Å². The van der Waals surface area contributed by atoms with E-state index in [2.05, 4.69) is 4.98 Å². The lowest BCUT2D eigenvalue weighted by atomic mass is 10.5. The van der Waals surface area contributed by atoms with Crippen LogP contribution in [0.1, 0.15) is 5.01 Å². The molecule has 0 spiro atoms. The zero-order valence-electron chi connectivity index (χ0n) is 5.32. The minimum atomic E-state index is -1.57. The lowest BCUT2D eigenvalue weighted by molar-refractivity contribution is -0.134. The SMILES string of the molecule is O=C(O)/C(F)=C\c1nccs1. The van der Waals surface area contributed by atoms with E-state index in [1.165, 1.54) is 17.5 Å². The number of aromatic nitrogens is 1. The molecule has 1 heterocycles. The molecule has 3 nitrogen and oxygen atoms in total. The molecular formula is C6H4FNO2S. The third-order valence-corrected chi connectivity index (χ3v) is 1.63. The van der Waals surface area contributed by atoms with Crippen LogP contribution in [0, 0.1) is 0 Å². The van der Waals surface area contributed by atoms with Gasteiger partial charge in [-0.3, -0.25) is 0 Å². The molecule has 0 aromatic carbocycles. The lowest BCUT2D eigenvalue weighted by Crippen LogP contribution is -1.93. The lowest BCUT2D eigenvalue weighted by Gasteiger charge is -1.84. The van der Waals surface area contributed by atoms with Crippen LogP contribution in [0.4, 0.5) is 4.39 Å². The molecule has 0 fully saturated rings.